The van der Waals surface area contributed by atoms with Crippen LogP contribution in [0.5, 0.6) is 0 Å². The summed E-state index contributed by atoms with van der Waals surface area (Å²) in [4.78, 5) is 0. The number of sulfonamides is 1. The number of rotatable bonds is 2. The Morgan fingerprint density at radius 1 is 1.10 bits per heavy atom. The summed E-state index contributed by atoms with van der Waals surface area (Å²) in [6, 6.07) is 0. The van der Waals surface area contributed by atoms with E-state index in [-0.39, 0.29) is 11.2 Å². The highest BCUT2D eigenvalue weighted by Crippen LogP contribution is 2.41. The molecule has 1 saturated carbocycles. The smallest absolute Gasteiger partial charge is 0.217 e. The van der Waals surface area contributed by atoms with Crippen molar-refractivity contribution >= 4 is 10.0 Å². The van der Waals surface area contributed by atoms with Gasteiger partial charge in [0.05, 0.1) is 10.9 Å². The maximum atomic E-state index is 12.7. The molecule has 20 heavy (non-hydrogen) atoms. The first-order valence-corrected chi connectivity index (χ1v) is 9.45. The molecule has 2 N–H and O–H groups in total. The lowest BCUT2D eigenvalue weighted by atomic mass is 9.72. The molecule has 2 aliphatic heterocycles. The van der Waals surface area contributed by atoms with Crippen LogP contribution in [0.1, 0.15) is 44.9 Å². The summed E-state index contributed by atoms with van der Waals surface area (Å²) < 4.78 is 27.1. The summed E-state index contributed by atoms with van der Waals surface area (Å²) in [6.07, 6.45) is 6.05. The fraction of sp³-hybridized carbons (Fsp3) is 1.00. The van der Waals surface area contributed by atoms with Gasteiger partial charge in [-0.2, -0.15) is 0 Å². The van der Waals surface area contributed by atoms with E-state index in [4.69, 9.17) is 0 Å². The lowest BCUT2D eigenvalue weighted by Gasteiger charge is -2.47. The van der Waals surface area contributed by atoms with Crippen molar-refractivity contribution in [3.05, 3.63) is 0 Å². The monoisotopic (exact) mass is 302 g/mol. The number of aliphatic hydroxyl groups is 1. The first-order chi connectivity index (χ1) is 9.52. The molecule has 2 heterocycles. The molecular weight excluding hydrogens is 276 g/mol. The summed E-state index contributed by atoms with van der Waals surface area (Å²) >= 11 is 0. The third-order valence-corrected chi connectivity index (χ3v) is 7.82. The molecule has 2 unspecified atom stereocenters. The normalized spacial score (nSPS) is 37.5. The standard InChI is InChI=1S/C14H26N2O3S/c17-14-6-2-1-3-12(14)11-16(10-7-14)20(18,19)13-4-8-15-9-5-13/h12-13,15,17H,1-11H2. The third-order valence-electron chi connectivity index (χ3n) is 5.46. The average molecular weight is 302 g/mol. The van der Waals surface area contributed by atoms with E-state index in [0.29, 0.717) is 32.4 Å². The van der Waals surface area contributed by atoms with E-state index < -0.39 is 15.6 Å². The van der Waals surface area contributed by atoms with E-state index in [2.05, 4.69) is 5.32 Å². The van der Waals surface area contributed by atoms with Crippen LogP contribution in [0.4, 0.5) is 0 Å². The quantitative estimate of drug-likeness (QED) is 0.787. The van der Waals surface area contributed by atoms with Gasteiger partial charge in [-0.1, -0.05) is 12.8 Å². The summed E-state index contributed by atoms with van der Waals surface area (Å²) in [7, 11) is -3.18. The van der Waals surface area contributed by atoms with Crippen LogP contribution in [0.15, 0.2) is 0 Å². The summed E-state index contributed by atoms with van der Waals surface area (Å²) in [5.74, 6) is 0.140. The van der Waals surface area contributed by atoms with Crippen LogP contribution in [0.2, 0.25) is 0 Å². The van der Waals surface area contributed by atoms with Crippen LogP contribution < -0.4 is 5.32 Å². The second-order valence-electron chi connectivity index (χ2n) is 6.65. The molecule has 1 aliphatic carbocycles. The van der Waals surface area contributed by atoms with Crippen LogP contribution in [-0.2, 0) is 10.0 Å². The van der Waals surface area contributed by atoms with Crippen molar-refractivity contribution in [2.75, 3.05) is 26.2 Å². The SMILES string of the molecule is O=S(=O)(C1CCNCC1)N1CCC2(O)CCCCC2C1. The number of hydrogen-bond acceptors (Lipinski definition) is 4. The first kappa shape index (κ1) is 14.8. The Labute approximate surface area is 121 Å². The average Bonchev–Trinajstić information content (AvgIpc) is 2.47. The zero-order valence-electron chi connectivity index (χ0n) is 12.1. The van der Waals surface area contributed by atoms with Gasteiger partial charge in [-0.15, -0.1) is 0 Å². The van der Waals surface area contributed by atoms with Crippen LogP contribution in [0.25, 0.3) is 0 Å². The highest BCUT2D eigenvalue weighted by atomic mass is 32.2. The molecule has 3 aliphatic rings. The molecule has 0 aromatic carbocycles. The Bertz CT molecular complexity index is 447. The van der Waals surface area contributed by atoms with Gasteiger partial charge < -0.3 is 10.4 Å². The summed E-state index contributed by atoms with van der Waals surface area (Å²) in [5.41, 5.74) is -0.599. The number of nitrogens with one attached hydrogen (secondary N) is 1. The van der Waals surface area contributed by atoms with E-state index in [1.54, 1.807) is 4.31 Å². The number of piperidine rings is 2. The zero-order valence-corrected chi connectivity index (χ0v) is 12.9. The van der Waals surface area contributed by atoms with Gasteiger partial charge in [0.15, 0.2) is 0 Å². The predicted octanol–water partition coefficient (Wildman–Crippen LogP) is 0.695. The Hall–Kier alpha value is -0.170. The van der Waals surface area contributed by atoms with Crippen molar-refractivity contribution < 1.29 is 13.5 Å². The number of fused-ring (bicyclic) bond motifs is 1. The lowest BCUT2D eigenvalue weighted by molar-refractivity contribution is -0.0818. The van der Waals surface area contributed by atoms with Gasteiger partial charge in [0, 0.05) is 19.0 Å². The highest BCUT2D eigenvalue weighted by Gasteiger charge is 2.46. The fourth-order valence-corrected chi connectivity index (χ4v) is 6.06. The van der Waals surface area contributed by atoms with Gasteiger partial charge in [0.1, 0.15) is 0 Å². The predicted molar refractivity (Wildman–Crippen MR) is 77.9 cm³/mol. The van der Waals surface area contributed by atoms with Gasteiger partial charge in [-0.3, -0.25) is 0 Å². The molecule has 0 spiro atoms. The van der Waals surface area contributed by atoms with Crippen molar-refractivity contribution in [2.24, 2.45) is 5.92 Å². The zero-order chi connectivity index (χ0) is 14.2. The van der Waals surface area contributed by atoms with Crippen molar-refractivity contribution in [3.8, 4) is 0 Å². The first-order valence-electron chi connectivity index (χ1n) is 7.94. The molecule has 0 amide bonds. The maximum Gasteiger partial charge on any atom is 0.217 e. The van der Waals surface area contributed by atoms with Crippen LogP contribution in [-0.4, -0.2) is 54.9 Å². The highest BCUT2D eigenvalue weighted by molar-refractivity contribution is 7.89. The van der Waals surface area contributed by atoms with Crippen molar-refractivity contribution in [3.63, 3.8) is 0 Å². The molecule has 6 heteroatoms. The van der Waals surface area contributed by atoms with Crippen LogP contribution in [0.3, 0.4) is 0 Å². The minimum atomic E-state index is -3.18. The van der Waals surface area contributed by atoms with E-state index in [1.807, 2.05) is 0 Å². The third kappa shape index (κ3) is 2.63. The molecule has 0 aromatic heterocycles. The summed E-state index contributed by atoms with van der Waals surface area (Å²) in [5, 5.41) is 13.6. The molecule has 116 valence electrons. The van der Waals surface area contributed by atoms with E-state index in [0.717, 1.165) is 38.8 Å². The van der Waals surface area contributed by atoms with Gasteiger partial charge >= 0.3 is 0 Å². The van der Waals surface area contributed by atoms with E-state index >= 15 is 0 Å². The molecule has 5 nitrogen and oxygen atoms in total. The molecule has 0 bridgehead atoms. The topological polar surface area (TPSA) is 69.6 Å². The molecule has 3 rings (SSSR count). The molecular formula is C14H26N2O3S. The maximum absolute atomic E-state index is 12.7. The Morgan fingerprint density at radius 2 is 1.85 bits per heavy atom. The van der Waals surface area contributed by atoms with Crippen molar-refractivity contribution in [1.29, 1.82) is 0 Å². The second-order valence-corrected chi connectivity index (χ2v) is 8.86. The molecule has 0 aromatic rings. The Balaban J connectivity index is 1.71. The minimum Gasteiger partial charge on any atom is -0.390 e. The molecule has 2 saturated heterocycles. The van der Waals surface area contributed by atoms with Crippen molar-refractivity contribution in [1.82, 2.24) is 9.62 Å². The Morgan fingerprint density at radius 3 is 2.60 bits per heavy atom. The number of hydrogen-bond donors (Lipinski definition) is 2. The molecule has 0 radical (unpaired) electrons. The van der Waals surface area contributed by atoms with Gasteiger partial charge in [0.2, 0.25) is 10.0 Å². The largest absolute Gasteiger partial charge is 0.390 e. The molecule has 3 fully saturated rings. The molecule has 2 atom stereocenters. The number of nitrogens with zero attached hydrogens (tertiary/aromatic N) is 1. The van der Waals surface area contributed by atoms with E-state index in [9.17, 15) is 13.5 Å². The lowest BCUT2D eigenvalue weighted by Crippen LogP contribution is -2.56. The van der Waals surface area contributed by atoms with Gasteiger partial charge in [-0.05, 0) is 45.2 Å². The van der Waals surface area contributed by atoms with Gasteiger partial charge in [0.25, 0.3) is 0 Å². The Kier molecular flexibility index (Phi) is 4.10. The van der Waals surface area contributed by atoms with Gasteiger partial charge in [-0.25, -0.2) is 12.7 Å². The second kappa shape index (κ2) is 5.55. The van der Waals surface area contributed by atoms with Crippen LogP contribution in [0, 0.1) is 5.92 Å². The summed E-state index contributed by atoms with van der Waals surface area (Å²) in [6.45, 7) is 2.62. The minimum absolute atomic E-state index is 0.140. The van der Waals surface area contributed by atoms with Crippen LogP contribution >= 0.6 is 0 Å². The van der Waals surface area contributed by atoms with E-state index in [1.165, 1.54) is 0 Å². The van der Waals surface area contributed by atoms with Crippen molar-refractivity contribution in [2.45, 2.75) is 55.8 Å². The fourth-order valence-electron chi connectivity index (χ4n) is 4.08.